The highest BCUT2D eigenvalue weighted by atomic mass is 16.4. The molecule has 0 saturated carbocycles. The Labute approximate surface area is 175 Å². The largest absolute Gasteiger partial charge is 0.481 e. The predicted octanol–water partition coefficient (Wildman–Crippen LogP) is -4.43. The molecule has 5 unspecified atom stereocenters. The maximum absolute atomic E-state index is 12.3. The molecule has 3 amide bonds. The first kappa shape index (κ1) is 27.7. The molecule has 0 heterocycles. The second kappa shape index (κ2) is 13.1. The van der Waals surface area contributed by atoms with Crippen molar-refractivity contribution in [3.63, 3.8) is 0 Å². The molecule has 0 fully saturated rings. The summed E-state index contributed by atoms with van der Waals surface area (Å²) in [5, 5.41) is 51.2. The second-order valence-electron chi connectivity index (χ2n) is 6.50. The van der Waals surface area contributed by atoms with Crippen LogP contribution in [0.15, 0.2) is 0 Å². The summed E-state index contributed by atoms with van der Waals surface area (Å²) in [6.07, 6.45) is -3.30. The van der Waals surface area contributed by atoms with Gasteiger partial charge in [0.1, 0.15) is 24.2 Å². The fourth-order valence-electron chi connectivity index (χ4n) is 2.13. The Morgan fingerprint density at radius 2 is 1.29 bits per heavy atom. The Morgan fingerprint density at radius 1 is 0.806 bits per heavy atom. The lowest BCUT2D eigenvalue weighted by atomic mass is 10.1. The van der Waals surface area contributed by atoms with Gasteiger partial charge in [0, 0.05) is 6.42 Å². The third kappa shape index (κ3) is 10.3. The van der Waals surface area contributed by atoms with Gasteiger partial charge in [-0.2, -0.15) is 0 Å². The fraction of sp³-hybridized carbons (Fsp3) is 0.625. The van der Waals surface area contributed by atoms with Crippen LogP contribution in [0.25, 0.3) is 0 Å². The lowest BCUT2D eigenvalue weighted by molar-refractivity contribution is -0.144. The number of amides is 3. The number of nitrogens with one attached hydrogen (secondary N) is 3. The van der Waals surface area contributed by atoms with Gasteiger partial charge in [0.2, 0.25) is 17.7 Å². The van der Waals surface area contributed by atoms with E-state index in [-0.39, 0.29) is 0 Å². The van der Waals surface area contributed by atoms with Gasteiger partial charge in [-0.25, -0.2) is 4.79 Å². The standard InChI is InChI=1S/C16H26N4O11/c1-6(22)12(17)15(29)19-8(4-11(25)26)13(27)20-9(5-21)14(28)18-7(16(30)31)2-3-10(23)24/h6-9,12,21-22H,2-5,17H2,1H3,(H,18,28)(H,19,29)(H,20,27)(H,23,24)(H,25,26)(H,30,31). The number of aliphatic carboxylic acids is 3. The summed E-state index contributed by atoms with van der Waals surface area (Å²) in [5.74, 6) is -7.82. The van der Waals surface area contributed by atoms with E-state index in [1.807, 2.05) is 16.0 Å². The molecule has 31 heavy (non-hydrogen) atoms. The molecule has 5 atom stereocenters. The number of hydrogen-bond acceptors (Lipinski definition) is 9. The number of carbonyl (C=O) groups is 6. The molecule has 0 rings (SSSR count). The summed E-state index contributed by atoms with van der Waals surface area (Å²) in [6, 6.07) is -6.59. The zero-order valence-electron chi connectivity index (χ0n) is 16.5. The zero-order valence-corrected chi connectivity index (χ0v) is 16.5. The first-order valence-electron chi connectivity index (χ1n) is 8.92. The normalized spacial score (nSPS) is 15.5. The van der Waals surface area contributed by atoms with Gasteiger partial charge in [0.15, 0.2) is 0 Å². The minimum atomic E-state index is -1.74. The van der Waals surface area contributed by atoms with Crippen LogP contribution in [0.1, 0.15) is 26.2 Å². The third-order valence-electron chi connectivity index (χ3n) is 3.91. The van der Waals surface area contributed by atoms with Crippen LogP contribution >= 0.6 is 0 Å². The Balaban J connectivity index is 5.26. The van der Waals surface area contributed by atoms with Gasteiger partial charge in [-0.3, -0.25) is 24.0 Å². The van der Waals surface area contributed by atoms with Crippen LogP contribution < -0.4 is 21.7 Å². The summed E-state index contributed by atoms with van der Waals surface area (Å²) in [4.78, 5) is 69.1. The Kier molecular flexibility index (Phi) is 11.7. The summed E-state index contributed by atoms with van der Waals surface area (Å²) >= 11 is 0. The van der Waals surface area contributed by atoms with Crippen molar-refractivity contribution in [3.8, 4) is 0 Å². The highest BCUT2D eigenvalue weighted by Crippen LogP contribution is 2.01. The fourth-order valence-corrected chi connectivity index (χ4v) is 2.13. The molecule has 15 heteroatoms. The smallest absolute Gasteiger partial charge is 0.326 e. The molecule has 0 aromatic carbocycles. The molecule has 10 N–H and O–H groups in total. The van der Waals surface area contributed by atoms with E-state index in [4.69, 9.17) is 21.1 Å². The molecular formula is C16H26N4O11. The number of rotatable bonds is 14. The quantitative estimate of drug-likeness (QED) is 0.121. The van der Waals surface area contributed by atoms with E-state index in [2.05, 4.69) is 0 Å². The van der Waals surface area contributed by atoms with Crippen LogP contribution in [-0.4, -0.2) is 98.0 Å². The lowest BCUT2D eigenvalue weighted by Crippen LogP contribution is -2.59. The van der Waals surface area contributed by atoms with Crippen molar-refractivity contribution >= 4 is 35.6 Å². The van der Waals surface area contributed by atoms with Gasteiger partial charge in [-0.15, -0.1) is 0 Å². The van der Waals surface area contributed by atoms with E-state index >= 15 is 0 Å². The van der Waals surface area contributed by atoms with Crippen LogP contribution in [0.5, 0.6) is 0 Å². The lowest BCUT2D eigenvalue weighted by Gasteiger charge is -2.24. The third-order valence-corrected chi connectivity index (χ3v) is 3.91. The second-order valence-corrected chi connectivity index (χ2v) is 6.50. The van der Waals surface area contributed by atoms with Crippen molar-refractivity contribution in [2.75, 3.05) is 6.61 Å². The number of carbonyl (C=O) groups excluding carboxylic acids is 3. The van der Waals surface area contributed by atoms with Crippen molar-refractivity contribution < 1.29 is 54.3 Å². The van der Waals surface area contributed by atoms with Crippen LogP contribution in [0.2, 0.25) is 0 Å². The average molecular weight is 450 g/mol. The molecule has 176 valence electrons. The van der Waals surface area contributed by atoms with Crippen LogP contribution in [0.4, 0.5) is 0 Å². The van der Waals surface area contributed by atoms with Crippen molar-refractivity contribution in [1.29, 1.82) is 0 Å². The summed E-state index contributed by atoms with van der Waals surface area (Å²) in [5.41, 5.74) is 5.41. The first-order chi connectivity index (χ1) is 14.3. The number of carboxylic acid groups (broad SMARTS) is 3. The predicted molar refractivity (Wildman–Crippen MR) is 99.3 cm³/mol. The summed E-state index contributed by atoms with van der Waals surface area (Å²) in [7, 11) is 0. The topological polar surface area (TPSA) is 266 Å². The molecule has 0 radical (unpaired) electrons. The van der Waals surface area contributed by atoms with Crippen molar-refractivity contribution in [2.45, 2.75) is 56.5 Å². The Bertz CT molecular complexity index is 697. The molecule has 0 spiro atoms. The number of hydrogen-bond donors (Lipinski definition) is 9. The monoisotopic (exact) mass is 450 g/mol. The van der Waals surface area contributed by atoms with E-state index in [0.29, 0.717) is 0 Å². The molecule has 0 saturated heterocycles. The molecule has 0 aliphatic heterocycles. The average Bonchev–Trinajstić information content (AvgIpc) is 2.66. The van der Waals surface area contributed by atoms with Gasteiger partial charge in [0.25, 0.3) is 0 Å². The van der Waals surface area contributed by atoms with Crippen molar-refractivity contribution in [3.05, 3.63) is 0 Å². The number of nitrogens with two attached hydrogens (primary N) is 1. The SMILES string of the molecule is CC(O)C(N)C(=O)NC(CC(=O)O)C(=O)NC(CO)C(=O)NC(CCC(=O)O)C(=O)O. The van der Waals surface area contributed by atoms with Gasteiger partial charge in [-0.1, -0.05) is 0 Å². The number of aliphatic hydroxyl groups excluding tert-OH is 2. The zero-order chi connectivity index (χ0) is 24.3. The highest BCUT2D eigenvalue weighted by Gasteiger charge is 2.31. The van der Waals surface area contributed by atoms with Crippen LogP contribution in [0.3, 0.4) is 0 Å². The maximum atomic E-state index is 12.3. The van der Waals surface area contributed by atoms with Gasteiger partial charge in [-0.05, 0) is 13.3 Å². The van der Waals surface area contributed by atoms with Crippen molar-refractivity contribution in [2.24, 2.45) is 5.73 Å². The molecular weight excluding hydrogens is 424 g/mol. The summed E-state index contributed by atoms with van der Waals surface area (Å²) < 4.78 is 0. The molecule has 0 bridgehead atoms. The molecule has 0 aliphatic rings. The van der Waals surface area contributed by atoms with E-state index in [1.165, 1.54) is 6.92 Å². The number of aliphatic hydroxyl groups is 2. The van der Waals surface area contributed by atoms with Gasteiger partial charge in [0.05, 0.1) is 19.1 Å². The van der Waals surface area contributed by atoms with E-state index in [9.17, 15) is 39.0 Å². The summed E-state index contributed by atoms with van der Waals surface area (Å²) in [6.45, 7) is 0.162. The molecule has 0 aromatic rings. The van der Waals surface area contributed by atoms with Crippen LogP contribution in [0, 0.1) is 0 Å². The minimum absolute atomic E-state index is 0.475. The van der Waals surface area contributed by atoms with E-state index in [1.54, 1.807) is 0 Å². The van der Waals surface area contributed by atoms with Gasteiger partial charge >= 0.3 is 17.9 Å². The molecule has 0 aromatic heterocycles. The minimum Gasteiger partial charge on any atom is -0.481 e. The highest BCUT2D eigenvalue weighted by molar-refractivity contribution is 5.95. The molecule has 0 aliphatic carbocycles. The molecule has 15 nitrogen and oxygen atoms in total. The Hall–Kier alpha value is -3.30. The van der Waals surface area contributed by atoms with Crippen molar-refractivity contribution in [1.82, 2.24) is 16.0 Å². The van der Waals surface area contributed by atoms with Crippen LogP contribution in [-0.2, 0) is 28.8 Å². The number of carboxylic acids is 3. The maximum Gasteiger partial charge on any atom is 0.326 e. The van der Waals surface area contributed by atoms with E-state index < -0.39 is 91.8 Å². The van der Waals surface area contributed by atoms with Gasteiger partial charge < -0.3 is 47.2 Å². The first-order valence-corrected chi connectivity index (χ1v) is 8.92. The van der Waals surface area contributed by atoms with E-state index in [0.717, 1.165) is 0 Å². The Morgan fingerprint density at radius 3 is 1.71 bits per heavy atom.